The highest BCUT2D eigenvalue weighted by Gasteiger charge is 2.33. The first kappa shape index (κ1) is 13.6. The molecule has 102 valence electrons. The molecule has 0 bridgehead atoms. The number of hydrogen-bond acceptors (Lipinski definition) is 2. The van der Waals surface area contributed by atoms with Crippen LogP contribution < -0.4 is 0 Å². The van der Waals surface area contributed by atoms with Gasteiger partial charge in [0.15, 0.2) is 0 Å². The van der Waals surface area contributed by atoms with Gasteiger partial charge in [-0.15, -0.1) is 0 Å². The lowest BCUT2D eigenvalue weighted by atomic mass is 9.73. The highest BCUT2D eigenvalue weighted by molar-refractivity contribution is 5.05. The Labute approximate surface area is 110 Å². The fourth-order valence-electron chi connectivity index (χ4n) is 3.07. The average molecular weight is 250 g/mol. The van der Waals surface area contributed by atoms with Crippen LogP contribution in [0.5, 0.6) is 0 Å². The van der Waals surface area contributed by atoms with Gasteiger partial charge in [-0.05, 0) is 55.9 Å². The summed E-state index contributed by atoms with van der Waals surface area (Å²) < 4.78 is 1.83. The van der Waals surface area contributed by atoms with E-state index in [0.717, 1.165) is 37.5 Å². The van der Waals surface area contributed by atoms with Gasteiger partial charge in [-0.25, -0.2) is 0 Å². The lowest BCUT2D eigenvalue weighted by Gasteiger charge is -2.37. The van der Waals surface area contributed by atoms with E-state index in [4.69, 9.17) is 0 Å². The van der Waals surface area contributed by atoms with Crippen molar-refractivity contribution in [2.45, 2.75) is 58.0 Å². The third kappa shape index (κ3) is 3.35. The minimum atomic E-state index is -0.429. The zero-order chi connectivity index (χ0) is 13.2. The Kier molecular flexibility index (Phi) is 4.10. The second-order valence-electron chi connectivity index (χ2n) is 6.33. The molecule has 1 aliphatic rings. The van der Waals surface area contributed by atoms with E-state index in [1.807, 2.05) is 24.1 Å². The number of aromatic nitrogens is 2. The third-order valence-corrected chi connectivity index (χ3v) is 4.54. The summed E-state index contributed by atoms with van der Waals surface area (Å²) in [4.78, 5) is 0. The van der Waals surface area contributed by atoms with Gasteiger partial charge in [0.1, 0.15) is 0 Å². The molecule has 1 saturated carbocycles. The lowest BCUT2D eigenvalue weighted by Crippen LogP contribution is -2.35. The Morgan fingerprint density at radius 1 is 1.44 bits per heavy atom. The fourth-order valence-corrected chi connectivity index (χ4v) is 3.07. The van der Waals surface area contributed by atoms with Crippen LogP contribution in [0.2, 0.25) is 0 Å². The van der Waals surface area contributed by atoms with Crippen molar-refractivity contribution in [3.63, 3.8) is 0 Å². The first-order valence-electron chi connectivity index (χ1n) is 7.18. The van der Waals surface area contributed by atoms with Crippen molar-refractivity contribution in [2.24, 2.45) is 18.9 Å². The van der Waals surface area contributed by atoms with Gasteiger partial charge in [-0.3, -0.25) is 4.68 Å². The summed E-state index contributed by atoms with van der Waals surface area (Å²) in [5.74, 6) is 1.57. The number of aryl methyl sites for hydroxylation is 2. The number of nitrogens with zero attached hydrogens (tertiary/aromatic N) is 2. The van der Waals surface area contributed by atoms with Crippen LogP contribution in [0.25, 0.3) is 0 Å². The van der Waals surface area contributed by atoms with E-state index < -0.39 is 5.60 Å². The van der Waals surface area contributed by atoms with Crippen LogP contribution >= 0.6 is 0 Å². The van der Waals surface area contributed by atoms with Crippen molar-refractivity contribution in [1.82, 2.24) is 9.78 Å². The molecular formula is C15H26N2O. The quantitative estimate of drug-likeness (QED) is 0.892. The molecule has 2 rings (SSSR count). The molecule has 1 N–H and O–H groups in total. The van der Waals surface area contributed by atoms with Crippen LogP contribution in [0.3, 0.4) is 0 Å². The molecule has 1 fully saturated rings. The van der Waals surface area contributed by atoms with Gasteiger partial charge >= 0.3 is 0 Å². The molecule has 0 spiro atoms. The standard InChI is InChI=1S/C15H26N2O/c1-12(2)14-5-8-15(18,9-6-14)7-4-13-10-16-17(3)11-13/h10-12,14,18H,4-9H2,1-3H3. The van der Waals surface area contributed by atoms with Gasteiger partial charge in [0.2, 0.25) is 0 Å². The Morgan fingerprint density at radius 2 is 2.11 bits per heavy atom. The Bertz CT molecular complexity index is 376. The summed E-state index contributed by atoms with van der Waals surface area (Å²) in [6.45, 7) is 4.59. The normalized spacial score (nSPS) is 28.8. The highest BCUT2D eigenvalue weighted by atomic mass is 16.3. The van der Waals surface area contributed by atoms with Crippen LogP contribution in [0.15, 0.2) is 12.4 Å². The Hall–Kier alpha value is -0.830. The zero-order valence-electron chi connectivity index (χ0n) is 11.9. The first-order chi connectivity index (χ1) is 8.48. The summed E-state index contributed by atoms with van der Waals surface area (Å²) in [7, 11) is 1.94. The molecule has 0 aliphatic heterocycles. The molecule has 0 radical (unpaired) electrons. The van der Waals surface area contributed by atoms with Gasteiger partial charge < -0.3 is 5.11 Å². The van der Waals surface area contributed by atoms with E-state index in [1.165, 1.54) is 18.4 Å². The maximum atomic E-state index is 10.6. The summed E-state index contributed by atoms with van der Waals surface area (Å²) in [5.41, 5.74) is 0.804. The molecule has 1 heterocycles. The van der Waals surface area contributed by atoms with E-state index in [2.05, 4.69) is 18.9 Å². The zero-order valence-corrected chi connectivity index (χ0v) is 11.9. The van der Waals surface area contributed by atoms with Gasteiger partial charge in [-0.1, -0.05) is 13.8 Å². The van der Waals surface area contributed by atoms with Crippen LogP contribution in [0.4, 0.5) is 0 Å². The SMILES string of the molecule is CC(C)C1CCC(O)(CCc2cnn(C)c2)CC1. The smallest absolute Gasteiger partial charge is 0.0651 e. The maximum absolute atomic E-state index is 10.6. The lowest BCUT2D eigenvalue weighted by molar-refractivity contribution is -0.0216. The summed E-state index contributed by atoms with van der Waals surface area (Å²) >= 11 is 0. The van der Waals surface area contributed by atoms with Crippen molar-refractivity contribution >= 4 is 0 Å². The van der Waals surface area contributed by atoms with Crippen molar-refractivity contribution in [1.29, 1.82) is 0 Å². The molecule has 1 aromatic rings. The van der Waals surface area contributed by atoms with Crippen molar-refractivity contribution in [3.8, 4) is 0 Å². The molecule has 1 aromatic heterocycles. The van der Waals surface area contributed by atoms with Crippen LogP contribution in [-0.4, -0.2) is 20.5 Å². The Morgan fingerprint density at radius 3 is 2.61 bits per heavy atom. The predicted octanol–water partition coefficient (Wildman–Crippen LogP) is 2.93. The van der Waals surface area contributed by atoms with E-state index >= 15 is 0 Å². The number of hydrogen-bond donors (Lipinski definition) is 1. The number of aliphatic hydroxyl groups is 1. The average Bonchev–Trinajstić information content (AvgIpc) is 2.73. The molecule has 1 aliphatic carbocycles. The van der Waals surface area contributed by atoms with Gasteiger partial charge in [0.25, 0.3) is 0 Å². The molecule has 0 aromatic carbocycles. The Balaban J connectivity index is 1.82. The van der Waals surface area contributed by atoms with Crippen molar-refractivity contribution in [2.75, 3.05) is 0 Å². The highest BCUT2D eigenvalue weighted by Crippen LogP contribution is 2.38. The largest absolute Gasteiger partial charge is 0.390 e. The summed E-state index contributed by atoms with van der Waals surface area (Å²) in [5, 5.41) is 14.8. The molecule has 0 atom stereocenters. The minimum absolute atomic E-state index is 0.429. The second kappa shape index (κ2) is 5.43. The van der Waals surface area contributed by atoms with E-state index in [-0.39, 0.29) is 0 Å². The van der Waals surface area contributed by atoms with Crippen molar-refractivity contribution in [3.05, 3.63) is 18.0 Å². The van der Waals surface area contributed by atoms with E-state index in [1.54, 1.807) is 0 Å². The fraction of sp³-hybridized carbons (Fsp3) is 0.800. The monoisotopic (exact) mass is 250 g/mol. The molecule has 3 nitrogen and oxygen atoms in total. The molecule has 18 heavy (non-hydrogen) atoms. The second-order valence-corrected chi connectivity index (χ2v) is 6.33. The van der Waals surface area contributed by atoms with Crippen molar-refractivity contribution < 1.29 is 5.11 Å². The first-order valence-corrected chi connectivity index (χ1v) is 7.18. The topological polar surface area (TPSA) is 38.1 Å². The number of rotatable bonds is 4. The molecular weight excluding hydrogens is 224 g/mol. The minimum Gasteiger partial charge on any atom is -0.390 e. The molecule has 0 amide bonds. The summed E-state index contributed by atoms with van der Waals surface area (Å²) in [6, 6.07) is 0. The van der Waals surface area contributed by atoms with Gasteiger partial charge in [-0.2, -0.15) is 5.10 Å². The summed E-state index contributed by atoms with van der Waals surface area (Å²) in [6.07, 6.45) is 10.1. The maximum Gasteiger partial charge on any atom is 0.0651 e. The van der Waals surface area contributed by atoms with Gasteiger partial charge in [0, 0.05) is 13.2 Å². The van der Waals surface area contributed by atoms with Crippen LogP contribution in [-0.2, 0) is 13.5 Å². The molecule has 3 heteroatoms. The van der Waals surface area contributed by atoms with Crippen LogP contribution in [0, 0.1) is 11.8 Å². The van der Waals surface area contributed by atoms with E-state index in [0.29, 0.717) is 0 Å². The predicted molar refractivity (Wildman–Crippen MR) is 73.3 cm³/mol. The van der Waals surface area contributed by atoms with Crippen LogP contribution in [0.1, 0.15) is 51.5 Å². The molecule has 0 saturated heterocycles. The van der Waals surface area contributed by atoms with E-state index in [9.17, 15) is 5.11 Å². The van der Waals surface area contributed by atoms with Gasteiger partial charge in [0.05, 0.1) is 11.8 Å². The molecule has 0 unspecified atom stereocenters. The third-order valence-electron chi connectivity index (χ3n) is 4.54.